The van der Waals surface area contributed by atoms with E-state index in [-0.39, 0.29) is 6.29 Å². The average Bonchev–Trinajstić information content (AvgIpc) is 3.17. The molecule has 2 heterocycles. The van der Waals surface area contributed by atoms with Crippen molar-refractivity contribution in [2.45, 2.75) is 38.5 Å². The summed E-state index contributed by atoms with van der Waals surface area (Å²) in [7, 11) is 1.69. The molecule has 154 valence electrons. The molecule has 1 aliphatic heterocycles. The number of aromatic nitrogens is 1. The molecule has 0 amide bonds. The fourth-order valence-electron chi connectivity index (χ4n) is 3.69. The number of nitrogens with zero attached hydrogens (tertiary/aromatic N) is 1. The Morgan fingerprint density at radius 3 is 2.86 bits per heavy atom. The molecule has 1 aliphatic rings. The van der Waals surface area contributed by atoms with Crippen LogP contribution in [0.3, 0.4) is 0 Å². The van der Waals surface area contributed by atoms with E-state index in [0.717, 1.165) is 49.4 Å². The second-order valence-electron chi connectivity index (χ2n) is 7.35. The van der Waals surface area contributed by atoms with Crippen LogP contribution in [-0.2, 0) is 22.4 Å². The van der Waals surface area contributed by atoms with Gasteiger partial charge in [0.2, 0.25) is 0 Å². The van der Waals surface area contributed by atoms with Gasteiger partial charge in [0.25, 0.3) is 0 Å². The van der Waals surface area contributed by atoms with Crippen molar-refractivity contribution in [2.75, 3.05) is 26.9 Å². The van der Waals surface area contributed by atoms with Crippen LogP contribution in [0.4, 0.5) is 0 Å². The van der Waals surface area contributed by atoms with Gasteiger partial charge in [0.05, 0.1) is 25.8 Å². The van der Waals surface area contributed by atoms with E-state index in [1.807, 2.05) is 24.3 Å². The minimum atomic E-state index is -0.0407. The van der Waals surface area contributed by atoms with E-state index in [2.05, 4.69) is 35.0 Å². The summed E-state index contributed by atoms with van der Waals surface area (Å²) < 4.78 is 25.0. The third-order valence-corrected chi connectivity index (χ3v) is 5.31. The van der Waals surface area contributed by atoms with Crippen molar-refractivity contribution in [3.8, 4) is 11.5 Å². The van der Waals surface area contributed by atoms with Crippen LogP contribution in [-0.4, -0.2) is 37.8 Å². The van der Waals surface area contributed by atoms with Crippen LogP contribution in [0.25, 0.3) is 10.9 Å². The number of rotatable bonds is 9. The van der Waals surface area contributed by atoms with Crippen molar-refractivity contribution in [3.05, 3.63) is 60.3 Å². The van der Waals surface area contributed by atoms with Gasteiger partial charge in [-0.3, -0.25) is 0 Å². The second-order valence-corrected chi connectivity index (χ2v) is 7.35. The largest absolute Gasteiger partial charge is 0.497 e. The normalized spacial score (nSPS) is 16.8. The van der Waals surface area contributed by atoms with Gasteiger partial charge >= 0.3 is 0 Å². The van der Waals surface area contributed by atoms with E-state index in [4.69, 9.17) is 18.9 Å². The van der Waals surface area contributed by atoms with Gasteiger partial charge in [0.1, 0.15) is 11.5 Å². The van der Waals surface area contributed by atoms with E-state index >= 15 is 0 Å². The zero-order valence-electron chi connectivity index (χ0n) is 17.0. The fraction of sp³-hybridized carbons (Fsp3) is 0.417. The van der Waals surface area contributed by atoms with Gasteiger partial charge in [0, 0.05) is 31.8 Å². The van der Waals surface area contributed by atoms with Crippen LogP contribution in [0.1, 0.15) is 24.8 Å². The number of fused-ring (bicyclic) bond motifs is 1. The van der Waals surface area contributed by atoms with Crippen LogP contribution in [0.15, 0.2) is 54.7 Å². The molecule has 0 saturated carbocycles. The standard InChI is InChI=1S/C24H29NO4/c1-26-21-6-4-5-19(17-21)11-15-27-22-9-8-20-10-12-25(23(20)18-22)13-16-29-24-7-2-3-14-28-24/h4-6,8-10,12,17-18,24H,2-3,7,11,13-16H2,1H3. The van der Waals surface area contributed by atoms with E-state index < -0.39 is 0 Å². The van der Waals surface area contributed by atoms with Crippen molar-refractivity contribution in [1.29, 1.82) is 0 Å². The number of hydrogen-bond donors (Lipinski definition) is 0. The Kier molecular flexibility index (Phi) is 6.70. The molecule has 0 bridgehead atoms. The number of methoxy groups -OCH3 is 1. The maximum Gasteiger partial charge on any atom is 0.157 e. The molecule has 5 heteroatoms. The monoisotopic (exact) mass is 395 g/mol. The predicted molar refractivity (Wildman–Crippen MR) is 114 cm³/mol. The highest BCUT2D eigenvalue weighted by molar-refractivity contribution is 5.81. The molecule has 3 aromatic rings. The zero-order valence-corrected chi connectivity index (χ0v) is 17.0. The molecule has 29 heavy (non-hydrogen) atoms. The summed E-state index contributed by atoms with van der Waals surface area (Å²) in [4.78, 5) is 0. The highest BCUT2D eigenvalue weighted by Gasteiger charge is 2.13. The molecule has 2 aromatic carbocycles. The summed E-state index contributed by atoms with van der Waals surface area (Å²) >= 11 is 0. The Balaban J connectivity index is 1.32. The molecular formula is C24H29NO4. The summed E-state index contributed by atoms with van der Waals surface area (Å²) in [6, 6.07) is 16.5. The third kappa shape index (κ3) is 5.31. The van der Waals surface area contributed by atoms with Gasteiger partial charge in [-0.2, -0.15) is 0 Å². The van der Waals surface area contributed by atoms with E-state index in [1.54, 1.807) is 7.11 Å². The number of hydrogen-bond acceptors (Lipinski definition) is 4. The van der Waals surface area contributed by atoms with Crippen molar-refractivity contribution < 1.29 is 18.9 Å². The van der Waals surface area contributed by atoms with Gasteiger partial charge in [-0.25, -0.2) is 0 Å². The third-order valence-electron chi connectivity index (χ3n) is 5.31. The highest BCUT2D eigenvalue weighted by atomic mass is 16.7. The van der Waals surface area contributed by atoms with Crippen LogP contribution >= 0.6 is 0 Å². The summed E-state index contributed by atoms with van der Waals surface area (Å²) in [6.07, 6.45) is 6.23. The average molecular weight is 395 g/mol. The van der Waals surface area contributed by atoms with Gasteiger partial charge in [0.15, 0.2) is 6.29 Å². The first-order valence-corrected chi connectivity index (χ1v) is 10.4. The maximum absolute atomic E-state index is 6.01. The molecule has 0 N–H and O–H groups in total. The first-order valence-electron chi connectivity index (χ1n) is 10.4. The Morgan fingerprint density at radius 2 is 2.00 bits per heavy atom. The van der Waals surface area contributed by atoms with Crippen molar-refractivity contribution in [2.24, 2.45) is 0 Å². The molecule has 1 saturated heterocycles. The zero-order chi connectivity index (χ0) is 19.9. The molecule has 1 atom stereocenters. The lowest BCUT2D eigenvalue weighted by Gasteiger charge is -2.22. The van der Waals surface area contributed by atoms with Crippen LogP contribution in [0, 0.1) is 0 Å². The molecule has 4 rings (SSSR count). The van der Waals surface area contributed by atoms with Gasteiger partial charge in [-0.1, -0.05) is 12.1 Å². The summed E-state index contributed by atoms with van der Waals surface area (Å²) in [6.45, 7) is 2.89. The lowest BCUT2D eigenvalue weighted by molar-refractivity contribution is -0.163. The molecule has 0 spiro atoms. The quantitative estimate of drug-likeness (QED) is 0.521. The smallest absolute Gasteiger partial charge is 0.157 e. The molecule has 1 fully saturated rings. The Labute approximate surface area is 172 Å². The molecule has 1 unspecified atom stereocenters. The molecule has 5 nitrogen and oxygen atoms in total. The van der Waals surface area contributed by atoms with Gasteiger partial charge in [-0.15, -0.1) is 0 Å². The highest BCUT2D eigenvalue weighted by Crippen LogP contribution is 2.23. The van der Waals surface area contributed by atoms with E-state index in [9.17, 15) is 0 Å². The number of ether oxygens (including phenoxy) is 4. The van der Waals surface area contributed by atoms with E-state index in [0.29, 0.717) is 13.2 Å². The van der Waals surface area contributed by atoms with Gasteiger partial charge < -0.3 is 23.5 Å². The van der Waals surface area contributed by atoms with Crippen LogP contribution < -0.4 is 9.47 Å². The van der Waals surface area contributed by atoms with Crippen molar-refractivity contribution in [1.82, 2.24) is 4.57 Å². The summed E-state index contributed by atoms with van der Waals surface area (Å²) in [5, 5.41) is 1.21. The molecule has 0 radical (unpaired) electrons. The number of benzene rings is 2. The molecule has 0 aliphatic carbocycles. The van der Waals surface area contributed by atoms with Crippen LogP contribution in [0.2, 0.25) is 0 Å². The lowest BCUT2D eigenvalue weighted by Crippen LogP contribution is -2.23. The van der Waals surface area contributed by atoms with Crippen LogP contribution in [0.5, 0.6) is 11.5 Å². The van der Waals surface area contributed by atoms with E-state index in [1.165, 1.54) is 17.4 Å². The SMILES string of the molecule is COc1cccc(CCOc2ccc3ccn(CCOC4CCCCO4)c3c2)c1. The maximum atomic E-state index is 6.01. The predicted octanol–water partition coefficient (Wildman–Crippen LogP) is 4.81. The first kappa shape index (κ1) is 19.8. The lowest BCUT2D eigenvalue weighted by atomic mass is 10.1. The Hall–Kier alpha value is -2.50. The van der Waals surface area contributed by atoms with Crippen molar-refractivity contribution in [3.63, 3.8) is 0 Å². The summed E-state index contributed by atoms with van der Waals surface area (Å²) in [5.41, 5.74) is 2.37. The molecular weight excluding hydrogens is 366 g/mol. The molecule has 1 aromatic heterocycles. The van der Waals surface area contributed by atoms with Gasteiger partial charge in [-0.05, 0) is 60.5 Å². The van der Waals surface area contributed by atoms with Crippen molar-refractivity contribution >= 4 is 10.9 Å². The minimum Gasteiger partial charge on any atom is -0.497 e. The summed E-state index contributed by atoms with van der Waals surface area (Å²) in [5.74, 6) is 1.76. The minimum absolute atomic E-state index is 0.0407. The fourth-order valence-corrected chi connectivity index (χ4v) is 3.69. The second kappa shape index (κ2) is 9.81. The Morgan fingerprint density at radius 1 is 1.03 bits per heavy atom. The first-order chi connectivity index (χ1) is 14.3. The topological polar surface area (TPSA) is 41.9 Å². The Bertz CT molecular complexity index is 914.